The Morgan fingerprint density at radius 1 is 0.912 bits per heavy atom. The fraction of sp³-hybridized carbons (Fsp3) is 0.317. The van der Waals surface area contributed by atoms with Crippen molar-refractivity contribution < 1.29 is 36.6 Å². The van der Waals surface area contributed by atoms with E-state index in [1.54, 1.807) is 24.3 Å². The number of fused-ring (bicyclic) bond motifs is 11. The Morgan fingerprint density at radius 3 is 2.21 bits per heavy atom. The number of hydrogen-bond donors (Lipinski definition) is 6. The number of carbonyl (C=O) groups is 4. The van der Waals surface area contributed by atoms with E-state index >= 15 is 0 Å². The average Bonchev–Trinajstić information content (AvgIpc) is 3.21. The average molecular weight is 798 g/mol. The van der Waals surface area contributed by atoms with Crippen molar-refractivity contribution in [2.75, 3.05) is 6.61 Å². The van der Waals surface area contributed by atoms with Gasteiger partial charge in [0.1, 0.15) is 17.5 Å². The number of benzene rings is 3. The minimum atomic E-state index is -3.36. The number of hydroxylamine groups is 1. The first-order valence-corrected chi connectivity index (χ1v) is 19.7. The zero-order valence-corrected chi connectivity index (χ0v) is 32.6. The third-order valence-corrected chi connectivity index (χ3v) is 9.66. The lowest BCUT2D eigenvalue weighted by molar-refractivity contribution is -0.140. The topological polar surface area (TPSA) is 220 Å². The summed E-state index contributed by atoms with van der Waals surface area (Å²) in [5.41, 5.74) is 6.57. The van der Waals surface area contributed by atoms with Crippen LogP contribution < -0.4 is 32.0 Å². The number of hydrogen-bond acceptors (Lipinski definition) is 11. The molecule has 300 valence electrons. The number of carbonyl (C=O) groups excluding carboxylic acids is 4. The molecule has 0 fully saturated rings. The fourth-order valence-corrected chi connectivity index (χ4v) is 6.66. The van der Waals surface area contributed by atoms with Gasteiger partial charge in [-0.15, -0.1) is 0 Å². The number of ether oxygens (including phenoxy) is 1. The van der Waals surface area contributed by atoms with Crippen molar-refractivity contribution in [3.05, 3.63) is 131 Å². The van der Waals surface area contributed by atoms with Crippen molar-refractivity contribution in [1.82, 2.24) is 26.4 Å². The van der Waals surface area contributed by atoms with Crippen LogP contribution in [0.25, 0.3) is 0 Å². The van der Waals surface area contributed by atoms with Gasteiger partial charge in [0.25, 0.3) is 16.9 Å². The third-order valence-electron chi connectivity index (χ3n) is 9.42. The van der Waals surface area contributed by atoms with Gasteiger partial charge in [0.2, 0.25) is 17.7 Å². The van der Waals surface area contributed by atoms with Gasteiger partial charge < -0.3 is 26.5 Å². The van der Waals surface area contributed by atoms with E-state index in [0.29, 0.717) is 35.6 Å². The lowest BCUT2D eigenvalue weighted by Gasteiger charge is -2.29. The number of rotatable bonds is 13. The summed E-state index contributed by atoms with van der Waals surface area (Å²) in [6.07, 6.45) is 2.53. The fourth-order valence-electron chi connectivity index (χ4n) is 6.50. The van der Waals surface area contributed by atoms with E-state index in [9.17, 15) is 27.6 Å². The molecule has 3 unspecified atom stereocenters. The molecule has 2 bridgehead atoms. The van der Waals surface area contributed by atoms with Gasteiger partial charge in [-0.2, -0.15) is 9.39 Å². The number of pyridine rings is 1. The van der Waals surface area contributed by atoms with Crippen molar-refractivity contribution in [2.45, 2.75) is 58.7 Å². The second-order valence-corrected chi connectivity index (χ2v) is 14.6. The molecule has 1 aromatic heterocycles. The molecule has 57 heavy (non-hydrogen) atoms. The number of thiol groups is 1. The van der Waals surface area contributed by atoms with Gasteiger partial charge in [0, 0.05) is 37.2 Å². The highest BCUT2D eigenvalue weighted by atomic mass is 32.2. The number of aromatic nitrogens is 1. The van der Waals surface area contributed by atoms with E-state index in [-0.39, 0.29) is 44.4 Å². The molecule has 4 aromatic rings. The van der Waals surface area contributed by atoms with Crippen LogP contribution in [0.5, 0.6) is 5.75 Å². The van der Waals surface area contributed by atoms with Gasteiger partial charge in [0.05, 0.1) is 23.8 Å². The van der Waals surface area contributed by atoms with Crippen LogP contribution >= 0.6 is 0 Å². The van der Waals surface area contributed by atoms with E-state index in [4.69, 9.17) is 10.6 Å². The van der Waals surface area contributed by atoms with Crippen LogP contribution in [0, 0.1) is 17.8 Å². The van der Waals surface area contributed by atoms with Gasteiger partial charge >= 0.3 is 0 Å². The maximum absolute atomic E-state index is 14.0. The highest BCUT2D eigenvalue weighted by Gasteiger charge is 2.36. The molecule has 3 aromatic carbocycles. The molecule has 3 heterocycles. The summed E-state index contributed by atoms with van der Waals surface area (Å²) in [4.78, 5) is 58.1. The Bertz CT molecular complexity index is 2080. The SMILES string of the molecule is CC(C)CC1C(=O)NC(C(=O)NCc2ccc(CNC(=O)c3ccc(C(=NN)c4ccccc4)nc3)cc2)Cc2ccc(cc2)OCCCC1C(=O)NO[SH](=O)=O. The van der Waals surface area contributed by atoms with Crippen molar-refractivity contribution in [3.8, 4) is 5.75 Å². The largest absolute Gasteiger partial charge is 0.494 e. The van der Waals surface area contributed by atoms with Gasteiger partial charge in [-0.05, 0) is 66.1 Å². The minimum Gasteiger partial charge on any atom is -0.494 e. The molecule has 0 radical (unpaired) electrons. The van der Waals surface area contributed by atoms with Crippen LogP contribution in [-0.2, 0) is 49.2 Å². The predicted octanol–water partition coefficient (Wildman–Crippen LogP) is 3.09. The standard InChI is InChI=1S/C41H47N7O8S/c1-26(2)21-34-33(40(51)48-56-57(53)54)9-6-20-55-32-17-14-27(15-18-32)22-36(46-39(34)50)41(52)45-24-29-12-10-28(11-13-29)23-44-38(49)31-16-19-35(43-25-31)37(47-42)30-7-4-3-5-8-30/h3-5,7-8,10-19,25-26,33-34,36,57H,6,9,20-24,42H2,1-2H3,(H,44,49)(H,45,52)(H,46,50)(H,48,51). The number of nitrogens with two attached hydrogens (primary N) is 1. The van der Waals surface area contributed by atoms with Gasteiger partial charge in [-0.25, -0.2) is 13.9 Å². The maximum atomic E-state index is 14.0. The van der Waals surface area contributed by atoms with E-state index in [0.717, 1.165) is 22.3 Å². The molecular weight excluding hydrogens is 751 g/mol. The Hall–Kier alpha value is -6.13. The predicted molar refractivity (Wildman–Crippen MR) is 213 cm³/mol. The van der Waals surface area contributed by atoms with Crippen molar-refractivity contribution in [3.63, 3.8) is 0 Å². The summed E-state index contributed by atoms with van der Waals surface area (Å²) in [7, 11) is -3.36. The number of nitrogens with one attached hydrogen (secondary N) is 4. The van der Waals surface area contributed by atoms with Gasteiger partial charge in [0.15, 0.2) is 0 Å². The summed E-state index contributed by atoms with van der Waals surface area (Å²) < 4.78 is 32.3. The van der Waals surface area contributed by atoms with Crippen LogP contribution in [0.15, 0.2) is 102 Å². The summed E-state index contributed by atoms with van der Waals surface area (Å²) in [5.74, 6) is 2.37. The molecule has 2 aliphatic rings. The molecular formula is C41H47N7O8S. The van der Waals surface area contributed by atoms with Gasteiger partial charge in [-0.3, -0.25) is 24.2 Å². The van der Waals surface area contributed by atoms with E-state index < -0.39 is 46.6 Å². The first kappa shape index (κ1) is 42.0. The van der Waals surface area contributed by atoms with Crippen LogP contribution in [0.3, 0.4) is 0 Å². The monoisotopic (exact) mass is 797 g/mol. The second kappa shape index (κ2) is 20.7. The van der Waals surface area contributed by atoms with Crippen molar-refractivity contribution in [1.29, 1.82) is 0 Å². The van der Waals surface area contributed by atoms with Crippen molar-refractivity contribution >= 4 is 40.3 Å². The smallest absolute Gasteiger partial charge is 0.277 e. The van der Waals surface area contributed by atoms with Crippen LogP contribution in [-0.4, -0.2) is 55.4 Å². The zero-order valence-electron chi connectivity index (χ0n) is 31.7. The highest BCUT2D eigenvalue weighted by Crippen LogP contribution is 2.27. The lowest BCUT2D eigenvalue weighted by Crippen LogP contribution is -2.51. The highest BCUT2D eigenvalue weighted by molar-refractivity contribution is 7.67. The molecule has 0 spiro atoms. The Labute approximate surface area is 332 Å². The summed E-state index contributed by atoms with van der Waals surface area (Å²) in [6, 6.07) is 26.3. The zero-order chi connectivity index (χ0) is 40.7. The molecule has 16 heteroatoms. The second-order valence-electron chi connectivity index (χ2n) is 14.0. The van der Waals surface area contributed by atoms with Crippen LogP contribution in [0.1, 0.15) is 71.4 Å². The molecule has 6 N–H and O–H groups in total. The first-order chi connectivity index (χ1) is 27.5. The molecule has 2 aliphatic heterocycles. The van der Waals surface area contributed by atoms with E-state index in [2.05, 4.69) is 30.3 Å². The normalized spacial score (nSPS) is 17.6. The lowest BCUT2D eigenvalue weighted by atomic mass is 9.81. The Morgan fingerprint density at radius 2 is 1.60 bits per heavy atom. The van der Waals surface area contributed by atoms with Crippen LogP contribution in [0.2, 0.25) is 0 Å². The van der Waals surface area contributed by atoms with Crippen LogP contribution in [0.4, 0.5) is 0 Å². The van der Waals surface area contributed by atoms with E-state index in [1.807, 2.05) is 86.1 Å². The molecule has 4 amide bonds. The Balaban J connectivity index is 1.22. The third kappa shape index (κ3) is 12.4. The molecule has 0 aliphatic carbocycles. The van der Waals surface area contributed by atoms with E-state index in [1.165, 1.54) is 6.20 Å². The maximum Gasteiger partial charge on any atom is 0.277 e. The number of nitrogens with zero attached hydrogens (tertiary/aromatic N) is 2. The summed E-state index contributed by atoms with van der Waals surface area (Å²) in [5, 5.41) is 12.6. The quantitative estimate of drug-likeness (QED) is 0.0503. The summed E-state index contributed by atoms with van der Waals surface area (Å²) >= 11 is 0. The Kier molecular flexibility index (Phi) is 15.3. The molecule has 6 rings (SSSR count). The number of amides is 4. The summed E-state index contributed by atoms with van der Waals surface area (Å²) in [6.45, 7) is 4.49. The molecule has 0 saturated carbocycles. The van der Waals surface area contributed by atoms with Gasteiger partial charge in [-0.1, -0.05) is 80.6 Å². The first-order valence-electron chi connectivity index (χ1n) is 18.6. The molecule has 3 atom stereocenters. The minimum absolute atomic E-state index is 0.00669. The van der Waals surface area contributed by atoms with Crippen molar-refractivity contribution in [2.24, 2.45) is 28.7 Å². The molecule has 15 nitrogen and oxygen atoms in total. The molecule has 0 saturated heterocycles. The number of hydrazone groups is 1.